The molecule has 0 fully saturated rings. The largest absolute Gasteiger partial charge is 0.391 e. The van der Waals surface area contributed by atoms with Gasteiger partial charge >= 0.3 is 0 Å². The van der Waals surface area contributed by atoms with Gasteiger partial charge in [0.2, 0.25) is 0 Å². The lowest BCUT2D eigenvalue weighted by atomic mass is 10.1. The van der Waals surface area contributed by atoms with E-state index >= 15 is 0 Å². The van der Waals surface area contributed by atoms with Gasteiger partial charge in [-0.2, -0.15) is 9.82 Å². The van der Waals surface area contributed by atoms with Gasteiger partial charge in [0, 0.05) is 13.5 Å². The Labute approximate surface area is 117 Å². The molecule has 0 amide bonds. The summed E-state index contributed by atoms with van der Waals surface area (Å²) in [4.78, 5) is 0. The van der Waals surface area contributed by atoms with Crippen molar-refractivity contribution in [3.8, 4) is 0 Å². The standard InChI is InChI=1S/C13H15N3O3S/c1-16-12(6-7-14-16)20(18,19)15-13-10-5-3-2-4-9(10)8-11(13)17/h2-7,11,13,15,17H,8H2,1H3/t11-,13+/m0/s1. The molecule has 0 aliphatic heterocycles. The molecule has 0 unspecified atom stereocenters. The van der Waals surface area contributed by atoms with E-state index in [9.17, 15) is 13.5 Å². The second-order valence-corrected chi connectivity index (χ2v) is 6.52. The molecule has 7 heteroatoms. The van der Waals surface area contributed by atoms with Gasteiger partial charge in [0.05, 0.1) is 18.3 Å². The molecular formula is C13H15N3O3S. The van der Waals surface area contributed by atoms with Crippen LogP contribution in [0.3, 0.4) is 0 Å². The van der Waals surface area contributed by atoms with Crippen LogP contribution in [-0.2, 0) is 23.5 Å². The average molecular weight is 293 g/mol. The summed E-state index contributed by atoms with van der Waals surface area (Å²) < 4.78 is 28.5. The van der Waals surface area contributed by atoms with E-state index in [1.165, 1.54) is 16.9 Å². The number of aliphatic hydroxyl groups excluding tert-OH is 1. The molecule has 1 aliphatic carbocycles. The van der Waals surface area contributed by atoms with E-state index in [0.29, 0.717) is 6.42 Å². The van der Waals surface area contributed by atoms with Gasteiger partial charge in [0.15, 0.2) is 5.03 Å². The number of hydrogen-bond acceptors (Lipinski definition) is 4. The Morgan fingerprint density at radius 3 is 2.80 bits per heavy atom. The maximum absolute atomic E-state index is 12.3. The van der Waals surface area contributed by atoms with Crippen LogP contribution < -0.4 is 4.72 Å². The molecule has 0 radical (unpaired) electrons. The Balaban J connectivity index is 1.94. The van der Waals surface area contributed by atoms with Crippen molar-refractivity contribution in [2.75, 3.05) is 0 Å². The van der Waals surface area contributed by atoms with Crippen molar-refractivity contribution in [1.82, 2.24) is 14.5 Å². The lowest BCUT2D eigenvalue weighted by Crippen LogP contribution is -2.34. The number of benzene rings is 1. The van der Waals surface area contributed by atoms with E-state index in [4.69, 9.17) is 0 Å². The third-order valence-electron chi connectivity index (χ3n) is 3.54. The molecule has 1 heterocycles. The van der Waals surface area contributed by atoms with Gasteiger partial charge < -0.3 is 5.11 Å². The van der Waals surface area contributed by atoms with Gasteiger partial charge in [0.25, 0.3) is 10.0 Å². The van der Waals surface area contributed by atoms with Crippen LogP contribution in [0.2, 0.25) is 0 Å². The Morgan fingerprint density at radius 1 is 1.35 bits per heavy atom. The third kappa shape index (κ3) is 2.13. The highest BCUT2D eigenvalue weighted by Crippen LogP contribution is 2.32. The minimum absolute atomic E-state index is 0.0779. The zero-order valence-electron chi connectivity index (χ0n) is 10.9. The number of aliphatic hydroxyl groups is 1. The molecule has 0 spiro atoms. The van der Waals surface area contributed by atoms with Crippen molar-refractivity contribution in [3.05, 3.63) is 47.7 Å². The molecule has 1 aromatic carbocycles. The molecule has 20 heavy (non-hydrogen) atoms. The number of sulfonamides is 1. The van der Waals surface area contributed by atoms with Crippen molar-refractivity contribution < 1.29 is 13.5 Å². The maximum atomic E-state index is 12.3. The summed E-state index contributed by atoms with van der Waals surface area (Å²) in [5, 5.41) is 14.0. The van der Waals surface area contributed by atoms with Gasteiger partial charge in [-0.25, -0.2) is 8.42 Å². The first-order chi connectivity index (χ1) is 9.49. The molecule has 0 saturated carbocycles. The van der Waals surface area contributed by atoms with Crippen LogP contribution in [0.1, 0.15) is 17.2 Å². The fraction of sp³-hybridized carbons (Fsp3) is 0.308. The van der Waals surface area contributed by atoms with Gasteiger partial charge in [0.1, 0.15) is 0 Å². The van der Waals surface area contributed by atoms with Gasteiger partial charge in [-0.15, -0.1) is 0 Å². The summed E-state index contributed by atoms with van der Waals surface area (Å²) in [6, 6.07) is 8.26. The van der Waals surface area contributed by atoms with Gasteiger partial charge in [-0.05, 0) is 17.2 Å². The highest BCUT2D eigenvalue weighted by atomic mass is 32.2. The predicted octanol–water partition coefficient (Wildman–Crippen LogP) is 0.357. The second kappa shape index (κ2) is 4.69. The zero-order chi connectivity index (χ0) is 14.3. The van der Waals surface area contributed by atoms with E-state index in [1.54, 1.807) is 7.05 Å². The Morgan fingerprint density at radius 2 is 2.10 bits per heavy atom. The van der Waals surface area contributed by atoms with E-state index in [0.717, 1.165) is 11.1 Å². The maximum Gasteiger partial charge on any atom is 0.258 e. The first-order valence-corrected chi connectivity index (χ1v) is 7.73. The molecule has 0 saturated heterocycles. The molecule has 6 nitrogen and oxygen atoms in total. The number of fused-ring (bicyclic) bond motifs is 1. The van der Waals surface area contributed by atoms with Crippen LogP contribution in [0.15, 0.2) is 41.6 Å². The summed E-state index contributed by atoms with van der Waals surface area (Å²) in [5.74, 6) is 0. The number of nitrogens with zero attached hydrogens (tertiary/aromatic N) is 2. The summed E-state index contributed by atoms with van der Waals surface area (Å²) in [6.45, 7) is 0. The highest BCUT2D eigenvalue weighted by molar-refractivity contribution is 7.89. The number of rotatable bonds is 3. The Kier molecular flexibility index (Phi) is 3.12. The molecule has 2 aromatic rings. The van der Waals surface area contributed by atoms with Crippen LogP contribution in [-0.4, -0.2) is 29.4 Å². The lowest BCUT2D eigenvalue weighted by Gasteiger charge is -2.17. The molecule has 3 rings (SSSR count). The van der Waals surface area contributed by atoms with Crippen molar-refractivity contribution in [1.29, 1.82) is 0 Å². The fourth-order valence-corrected chi connectivity index (χ4v) is 3.94. The van der Waals surface area contributed by atoms with Crippen molar-refractivity contribution in [3.63, 3.8) is 0 Å². The molecule has 106 valence electrons. The first kappa shape index (κ1) is 13.3. The van der Waals surface area contributed by atoms with Crippen molar-refractivity contribution in [2.24, 2.45) is 7.05 Å². The summed E-state index contributed by atoms with van der Waals surface area (Å²) >= 11 is 0. The van der Waals surface area contributed by atoms with Crippen LogP contribution in [0.4, 0.5) is 0 Å². The highest BCUT2D eigenvalue weighted by Gasteiger charge is 2.34. The molecule has 1 aromatic heterocycles. The Hall–Kier alpha value is -1.70. The third-order valence-corrected chi connectivity index (χ3v) is 5.05. The number of nitrogens with one attached hydrogen (secondary N) is 1. The molecule has 1 aliphatic rings. The summed E-state index contributed by atoms with van der Waals surface area (Å²) in [6.07, 6.45) is 1.12. The van der Waals surface area contributed by atoms with Crippen LogP contribution in [0.25, 0.3) is 0 Å². The quantitative estimate of drug-likeness (QED) is 0.855. The van der Waals surface area contributed by atoms with Crippen LogP contribution >= 0.6 is 0 Å². The number of aromatic nitrogens is 2. The normalized spacial score (nSPS) is 21.9. The SMILES string of the molecule is Cn1nccc1S(=O)(=O)N[C@@H]1c2ccccc2C[C@@H]1O. The molecule has 2 atom stereocenters. The summed E-state index contributed by atoms with van der Waals surface area (Å²) in [7, 11) is -2.15. The topological polar surface area (TPSA) is 84.2 Å². The smallest absolute Gasteiger partial charge is 0.258 e. The second-order valence-electron chi connectivity index (χ2n) is 4.86. The predicted molar refractivity (Wildman–Crippen MR) is 72.4 cm³/mol. The number of aryl methyl sites for hydroxylation is 1. The first-order valence-electron chi connectivity index (χ1n) is 6.25. The number of hydrogen-bond donors (Lipinski definition) is 2. The van der Waals surface area contributed by atoms with E-state index in [-0.39, 0.29) is 5.03 Å². The van der Waals surface area contributed by atoms with Gasteiger partial charge in [-0.1, -0.05) is 24.3 Å². The van der Waals surface area contributed by atoms with Crippen LogP contribution in [0, 0.1) is 0 Å². The van der Waals surface area contributed by atoms with Crippen molar-refractivity contribution in [2.45, 2.75) is 23.6 Å². The monoisotopic (exact) mass is 293 g/mol. The van der Waals surface area contributed by atoms with Crippen LogP contribution in [0.5, 0.6) is 0 Å². The minimum atomic E-state index is -3.72. The van der Waals surface area contributed by atoms with E-state index in [2.05, 4.69) is 9.82 Å². The average Bonchev–Trinajstić information content (AvgIpc) is 2.95. The molecule has 0 bridgehead atoms. The minimum Gasteiger partial charge on any atom is -0.391 e. The fourth-order valence-electron chi connectivity index (χ4n) is 2.57. The van der Waals surface area contributed by atoms with Crippen molar-refractivity contribution >= 4 is 10.0 Å². The zero-order valence-corrected chi connectivity index (χ0v) is 11.7. The molecular weight excluding hydrogens is 278 g/mol. The Bertz CT molecular complexity index is 739. The van der Waals surface area contributed by atoms with E-state index < -0.39 is 22.2 Å². The lowest BCUT2D eigenvalue weighted by molar-refractivity contribution is 0.151. The van der Waals surface area contributed by atoms with Gasteiger partial charge in [-0.3, -0.25) is 4.68 Å². The van der Waals surface area contributed by atoms with E-state index in [1.807, 2.05) is 24.3 Å². The summed E-state index contributed by atoms with van der Waals surface area (Å²) in [5.41, 5.74) is 1.79. The molecule has 2 N–H and O–H groups in total.